The summed E-state index contributed by atoms with van der Waals surface area (Å²) < 4.78 is 3.71. The Kier molecular flexibility index (Phi) is 1.81. The zero-order chi connectivity index (χ0) is 11.3. The molecule has 0 saturated heterocycles. The van der Waals surface area contributed by atoms with Gasteiger partial charge in [-0.3, -0.25) is 9.08 Å². The first-order valence-electron chi connectivity index (χ1n) is 4.89. The quantitative estimate of drug-likeness (QED) is 0.695. The molecule has 82 valence electrons. The zero-order valence-corrected chi connectivity index (χ0v) is 9.82. The minimum Gasteiger partial charge on any atom is -0.384 e. The Bertz CT molecular complexity index is 640. The first-order chi connectivity index (χ1) is 7.66. The van der Waals surface area contributed by atoms with E-state index in [0.29, 0.717) is 5.82 Å². The number of nitrogens with zero attached hydrogens (tertiary/aromatic N) is 4. The molecule has 2 N–H and O–H groups in total. The van der Waals surface area contributed by atoms with Gasteiger partial charge in [-0.25, -0.2) is 4.98 Å². The maximum Gasteiger partial charge on any atom is 0.194 e. The predicted octanol–water partition coefficient (Wildman–Crippen LogP) is 1.69. The average molecular weight is 233 g/mol. The third-order valence-corrected chi connectivity index (χ3v) is 3.35. The molecule has 0 aliphatic heterocycles. The van der Waals surface area contributed by atoms with Crippen molar-refractivity contribution in [1.29, 1.82) is 0 Å². The van der Waals surface area contributed by atoms with Gasteiger partial charge in [-0.1, -0.05) is 0 Å². The van der Waals surface area contributed by atoms with E-state index in [-0.39, 0.29) is 0 Å². The molecule has 3 rings (SSSR count). The molecule has 3 aromatic heterocycles. The van der Waals surface area contributed by atoms with Crippen LogP contribution in [0.5, 0.6) is 0 Å². The Labute approximate surface area is 96.1 Å². The van der Waals surface area contributed by atoms with Crippen molar-refractivity contribution in [3.63, 3.8) is 0 Å². The zero-order valence-electron chi connectivity index (χ0n) is 9.01. The van der Waals surface area contributed by atoms with E-state index in [1.54, 1.807) is 16.0 Å². The Balaban J connectivity index is 2.31. The molecule has 0 radical (unpaired) electrons. The summed E-state index contributed by atoms with van der Waals surface area (Å²) in [5.41, 5.74) is 8.65. The van der Waals surface area contributed by atoms with E-state index in [2.05, 4.69) is 10.1 Å². The highest BCUT2D eigenvalue weighted by molar-refractivity contribution is 7.15. The minimum absolute atomic E-state index is 0.652. The largest absolute Gasteiger partial charge is 0.384 e. The molecule has 5 nitrogen and oxygen atoms in total. The molecule has 0 aliphatic carbocycles. The van der Waals surface area contributed by atoms with Crippen LogP contribution in [0.15, 0.2) is 17.6 Å². The summed E-state index contributed by atoms with van der Waals surface area (Å²) in [6.07, 6.45) is 2.00. The molecule has 6 heteroatoms. The number of rotatable bonds is 1. The monoisotopic (exact) mass is 233 g/mol. The van der Waals surface area contributed by atoms with Crippen LogP contribution in [0.4, 0.5) is 5.82 Å². The fourth-order valence-electron chi connectivity index (χ4n) is 1.80. The Hall–Kier alpha value is -1.82. The Morgan fingerprint density at radius 2 is 2.25 bits per heavy atom. The van der Waals surface area contributed by atoms with Crippen molar-refractivity contribution in [3.05, 3.63) is 23.3 Å². The number of hydrogen-bond acceptors (Lipinski definition) is 4. The van der Waals surface area contributed by atoms with Crippen LogP contribution in [-0.4, -0.2) is 19.2 Å². The van der Waals surface area contributed by atoms with Gasteiger partial charge >= 0.3 is 0 Å². The van der Waals surface area contributed by atoms with Crippen LogP contribution in [0, 0.1) is 6.92 Å². The first-order valence-corrected chi connectivity index (χ1v) is 5.77. The van der Waals surface area contributed by atoms with Gasteiger partial charge in [0.25, 0.3) is 0 Å². The lowest BCUT2D eigenvalue weighted by atomic mass is 10.2. The van der Waals surface area contributed by atoms with Gasteiger partial charge in [0.2, 0.25) is 0 Å². The smallest absolute Gasteiger partial charge is 0.194 e. The minimum atomic E-state index is 0.652. The van der Waals surface area contributed by atoms with E-state index >= 15 is 0 Å². The van der Waals surface area contributed by atoms with E-state index in [9.17, 15) is 0 Å². The second-order valence-corrected chi connectivity index (χ2v) is 4.55. The normalized spacial score (nSPS) is 11.4. The fraction of sp³-hybridized carbons (Fsp3) is 0.200. The number of anilines is 1. The maximum absolute atomic E-state index is 5.79. The molecule has 16 heavy (non-hydrogen) atoms. The van der Waals surface area contributed by atoms with E-state index in [0.717, 1.165) is 22.0 Å². The van der Waals surface area contributed by atoms with Crippen molar-refractivity contribution in [3.8, 4) is 11.4 Å². The fourth-order valence-corrected chi connectivity index (χ4v) is 2.56. The van der Waals surface area contributed by atoms with Crippen LogP contribution >= 0.6 is 11.3 Å². The number of fused-ring (bicyclic) bond motifs is 1. The van der Waals surface area contributed by atoms with Crippen molar-refractivity contribution in [2.45, 2.75) is 6.92 Å². The molecule has 0 saturated carbocycles. The summed E-state index contributed by atoms with van der Waals surface area (Å²) in [7, 11) is 1.83. The average Bonchev–Trinajstić information content (AvgIpc) is 2.83. The molecule has 0 spiro atoms. The van der Waals surface area contributed by atoms with Crippen molar-refractivity contribution >= 4 is 22.1 Å². The summed E-state index contributed by atoms with van der Waals surface area (Å²) in [6.45, 7) is 1.99. The number of nitrogens with two attached hydrogens (primary N) is 1. The number of aromatic nitrogens is 4. The summed E-state index contributed by atoms with van der Waals surface area (Å²) >= 11 is 1.61. The molecule has 0 fully saturated rings. The van der Waals surface area contributed by atoms with E-state index < -0.39 is 0 Å². The van der Waals surface area contributed by atoms with Gasteiger partial charge in [-0.2, -0.15) is 5.10 Å². The lowest BCUT2D eigenvalue weighted by molar-refractivity contribution is 0.780. The number of imidazole rings is 1. The van der Waals surface area contributed by atoms with Crippen LogP contribution < -0.4 is 5.73 Å². The molecule has 3 aromatic rings. The van der Waals surface area contributed by atoms with E-state index in [4.69, 9.17) is 5.73 Å². The van der Waals surface area contributed by atoms with Crippen molar-refractivity contribution in [2.75, 3.05) is 5.73 Å². The number of nitrogen functional groups attached to an aromatic ring is 1. The van der Waals surface area contributed by atoms with Crippen molar-refractivity contribution < 1.29 is 0 Å². The second-order valence-electron chi connectivity index (χ2n) is 3.68. The van der Waals surface area contributed by atoms with Crippen LogP contribution in [-0.2, 0) is 7.05 Å². The highest BCUT2D eigenvalue weighted by atomic mass is 32.1. The molecule has 0 aliphatic rings. The van der Waals surface area contributed by atoms with Gasteiger partial charge in [0, 0.05) is 24.7 Å². The van der Waals surface area contributed by atoms with E-state index in [1.165, 1.54) is 0 Å². The highest BCUT2D eigenvalue weighted by Crippen LogP contribution is 2.26. The molecular weight excluding hydrogens is 222 g/mol. The van der Waals surface area contributed by atoms with E-state index in [1.807, 2.05) is 36.0 Å². The van der Waals surface area contributed by atoms with Crippen LogP contribution in [0.1, 0.15) is 5.69 Å². The molecule has 3 heterocycles. The first kappa shape index (κ1) is 9.41. The summed E-state index contributed by atoms with van der Waals surface area (Å²) in [6, 6.07) is 1.87. The molecular formula is C10H11N5S. The van der Waals surface area contributed by atoms with Gasteiger partial charge in [0.05, 0.1) is 11.4 Å². The number of aryl methyl sites for hydroxylation is 2. The SMILES string of the molecule is Cc1nc2sccn2c1-c1cc(N)n(C)n1. The maximum atomic E-state index is 5.79. The summed E-state index contributed by atoms with van der Waals surface area (Å²) in [5.74, 6) is 0.652. The van der Waals surface area contributed by atoms with Crippen molar-refractivity contribution in [1.82, 2.24) is 19.2 Å². The Morgan fingerprint density at radius 1 is 1.44 bits per heavy atom. The van der Waals surface area contributed by atoms with Crippen LogP contribution in [0.2, 0.25) is 0 Å². The second kappa shape index (κ2) is 3.08. The van der Waals surface area contributed by atoms with Crippen LogP contribution in [0.3, 0.4) is 0 Å². The third kappa shape index (κ3) is 1.16. The molecule has 0 aromatic carbocycles. The summed E-state index contributed by atoms with van der Waals surface area (Å²) in [5, 5.41) is 6.39. The van der Waals surface area contributed by atoms with Crippen LogP contribution in [0.25, 0.3) is 16.3 Å². The lowest BCUT2D eigenvalue weighted by Gasteiger charge is -1.95. The third-order valence-electron chi connectivity index (χ3n) is 2.60. The number of thiazole rings is 1. The molecule has 0 amide bonds. The van der Waals surface area contributed by atoms with Crippen molar-refractivity contribution in [2.24, 2.45) is 7.05 Å². The van der Waals surface area contributed by atoms with Gasteiger partial charge in [0.15, 0.2) is 4.96 Å². The lowest BCUT2D eigenvalue weighted by Crippen LogP contribution is -1.96. The van der Waals surface area contributed by atoms with Gasteiger partial charge in [0.1, 0.15) is 11.5 Å². The summed E-state index contributed by atoms with van der Waals surface area (Å²) in [4.78, 5) is 5.46. The molecule has 0 unspecified atom stereocenters. The molecule has 0 bridgehead atoms. The van der Waals surface area contributed by atoms with Gasteiger partial charge in [-0.15, -0.1) is 11.3 Å². The van der Waals surface area contributed by atoms with Gasteiger partial charge in [-0.05, 0) is 6.92 Å². The van der Waals surface area contributed by atoms with Gasteiger partial charge < -0.3 is 5.73 Å². The predicted molar refractivity (Wildman–Crippen MR) is 64.4 cm³/mol. The molecule has 0 atom stereocenters. The Morgan fingerprint density at radius 3 is 2.94 bits per heavy atom. The standard InChI is InChI=1S/C10H11N5S/c1-6-9(7-5-8(11)14(2)13-7)15-3-4-16-10(15)12-6/h3-5H,11H2,1-2H3. The number of hydrogen-bond donors (Lipinski definition) is 1. The topological polar surface area (TPSA) is 61.1 Å². The highest BCUT2D eigenvalue weighted by Gasteiger charge is 2.14.